The van der Waals surface area contributed by atoms with Crippen LogP contribution >= 0.6 is 0 Å². The Morgan fingerprint density at radius 3 is 1.29 bits per heavy atom. The fraction of sp³-hybridized carbons (Fsp3) is 0.667. The van der Waals surface area contributed by atoms with Crippen LogP contribution < -0.4 is 0 Å². The lowest BCUT2D eigenvalue weighted by molar-refractivity contribution is -0.0341. The maximum absolute atomic E-state index is 12.5. The number of esters is 2. The molecule has 0 aliphatic heterocycles. The minimum atomic E-state index is -0.381. The van der Waals surface area contributed by atoms with E-state index >= 15 is 0 Å². The van der Waals surface area contributed by atoms with Gasteiger partial charge in [0, 0.05) is 0 Å². The van der Waals surface area contributed by atoms with Crippen LogP contribution in [0.2, 0.25) is 0 Å². The van der Waals surface area contributed by atoms with Gasteiger partial charge < -0.3 is 9.47 Å². The molecule has 0 N–H and O–H groups in total. The van der Waals surface area contributed by atoms with Gasteiger partial charge in [0.2, 0.25) is 0 Å². The third-order valence-electron chi connectivity index (χ3n) is 6.70. The topological polar surface area (TPSA) is 52.6 Å². The van der Waals surface area contributed by atoms with Crippen LogP contribution in [0.25, 0.3) is 0 Å². The van der Waals surface area contributed by atoms with Crippen molar-refractivity contribution in [2.24, 2.45) is 11.8 Å². The lowest BCUT2D eigenvalue weighted by Gasteiger charge is -2.36. The average molecular weight is 387 g/mol. The van der Waals surface area contributed by atoms with Gasteiger partial charge in [0.05, 0.1) is 11.1 Å². The van der Waals surface area contributed by atoms with Crippen LogP contribution in [0.4, 0.5) is 0 Å². The highest BCUT2D eigenvalue weighted by Gasteiger charge is 2.34. The number of rotatable bonds is 4. The Morgan fingerprint density at radius 2 is 1.00 bits per heavy atom. The fourth-order valence-corrected chi connectivity index (χ4v) is 4.26. The highest BCUT2D eigenvalue weighted by atomic mass is 16.6. The third-order valence-corrected chi connectivity index (χ3v) is 6.70. The molecule has 0 amide bonds. The number of benzene rings is 1. The van der Waals surface area contributed by atoms with Crippen LogP contribution in [0, 0.1) is 11.8 Å². The van der Waals surface area contributed by atoms with Gasteiger partial charge in [0.15, 0.2) is 0 Å². The highest BCUT2D eigenvalue weighted by molar-refractivity contribution is 5.93. The van der Waals surface area contributed by atoms with Crippen molar-refractivity contribution in [2.75, 3.05) is 0 Å². The summed E-state index contributed by atoms with van der Waals surface area (Å²) in [6.07, 6.45) is 7.97. The normalized spacial score (nSPS) is 33.1. The predicted molar refractivity (Wildman–Crippen MR) is 109 cm³/mol. The molecule has 0 aromatic heterocycles. The summed E-state index contributed by atoms with van der Waals surface area (Å²) in [6.45, 7) is 8.53. The van der Waals surface area contributed by atoms with E-state index in [9.17, 15) is 9.59 Å². The molecule has 2 aliphatic carbocycles. The number of carbonyl (C=O) groups is 2. The molecular formula is C24H34O4. The maximum Gasteiger partial charge on any atom is 0.338 e. The van der Waals surface area contributed by atoms with E-state index in [0.29, 0.717) is 23.0 Å². The SMILES string of the molecule is CC1CCC(C)(OC(=O)c2ccc(C(=O)OC3(C)CCC(C)CC3)cc2)CC1. The van der Waals surface area contributed by atoms with Gasteiger partial charge in [0.25, 0.3) is 0 Å². The van der Waals surface area contributed by atoms with Gasteiger partial charge in [-0.3, -0.25) is 0 Å². The Hall–Kier alpha value is -1.84. The second-order valence-electron chi connectivity index (χ2n) is 9.62. The molecule has 0 bridgehead atoms. The number of hydrogen-bond acceptors (Lipinski definition) is 4. The molecule has 3 rings (SSSR count). The zero-order valence-electron chi connectivity index (χ0n) is 17.8. The zero-order valence-corrected chi connectivity index (χ0v) is 17.8. The minimum absolute atomic E-state index is 0.315. The van der Waals surface area contributed by atoms with E-state index in [4.69, 9.17) is 9.47 Å². The standard InChI is InChI=1S/C24H34O4/c1-17-9-13-23(3,14-10-17)27-21(25)19-5-7-20(8-6-19)22(26)28-24(4)15-11-18(2)12-16-24/h5-8,17-18H,9-16H2,1-4H3. The quantitative estimate of drug-likeness (QED) is 0.601. The number of hydrogen-bond donors (Lipinski definition) is 0. The molecule has 4 heteroatoms. The van der Waals surface area contributed by atoms with E-state index < -0.39 is 0 Å². The van der Waals surface area contributed by atoms with Crippen molar-refractivity contribution in [3.8, 4) is 0 Å². The molecule has 1 aromatic carbocycles. The van der Waals surface area contributed by atoms with E-state index in [1.165, 1.54) is 0 Å². The van der Waals surface area contributed by atoms with Gasteiger partial charge in [-0.1, -0.05) is 13.8 Å². The molecule has 0 spiro atoms. The van der Waals surface area contributed by atoms with Gasteiger partial charge in [-0.25, -0.2) is 9.59 Å². The second-order valence-corrected chi connectivity index (χ2v) is 9.62. The van der Waals surface area contributed by atoms with Crippen LogP contribution in [-0.2, 0) is 9.47 Å². The molecule has 28 heavy (non-hydrogen) atoms. The summed E-state index contributed by atoms with van der Waals surface area (Å²) in [5.74, 6) is 0.771. The van der Waals surface area contributed by atoms with Gasteiger partial charge in [-0.2, -0.15) is 0 Å². The Labute approximate surface area is 169 Å². The van der Waals surface area contributed by atoms with Crippen molar-refractivity contribution < 1.29 is 19.1 Å². The molecule has 4 nitrogen and oxygen atoms in total. The maximum atomic E-state index is 12.5. The first-order chi connectivity index (χ1) is 13.2. The van der Waals surface area contributed by atoms with Crippen molar-refractivity contribution in [1.82, 2.24) is 0 Å². The van der Waals surface area contributed by atoms with Crippen molar-refractivity contribution in [3.63, 3.8) is 0 Å². The second kappa shape index (κ2) is 8.26. The molecule has 0 saturated heterocycles. The van der Waals surface area contributed by atoms with Crippen LogP contribution in [0.5, 0.6) is 0 Å². The van der Waals surface area contributed by atoms with Crippen molar-refractivity contribution >= 4 is 11.9 Å². The molecule has 0 atom stereocenters. The molecule has 1 aromatic rings. The Kier molecular flexibility index (Phi) is 6.16. The van der Waals surface area contributed by atoms with E-state index in [2.05, 4.69) is 13.8 Å². The first kappa shape index (κ1) is 20.9. The van der Waals surface area contributed by atoms with Gasteiger partial charge in [0.1, 0.15) is 11.2 Å². The largest absolute Gasteiger partial charge is 0.456 e. The molecule has 154 valence electrons. The van der Waals surface area contributed by atoms with Gasteiger partial charge in [-0.05, 0) is 101 Å². The predicted octanol–water partition coefficient (Wildman–Crippen LogP) is 5.94. The molecule has 0 radical (unpaired) electrons. The van der Waals surface area contributed by atoms with Gasteiger partial charge >= 0.3 is 11.9 Å². The highest BCUT2D eigenvalue weighted by Crippen LogP contribution is 2.36. The Balaban J connectivity index is 1.58. The monoisotopic (exact) mass is 386 g/mol. The van der Waals surface area contributed by atoms with Crippen LogP contribution in [0.3, 0.4) is 0 Å². The molecule has 2 fully saturated rings. The van der Waals surface area contributed by atoms with Crippen molar-refractivity contribution in [1.29, 1.82) is 0 Å². The van der Waals surface area contributed by atoms with Crippen LogP contribution in [0.1, 0.15) is 99.8 Å². The molecule has 2 saturated carbocycles. The number of carbonyl (C=O) groups excluding carboxylic acids is 2. The zero-order chi connectivity index (χ0) is 20.4. The summed E-state index contributed by atoms with van der Waals surface area (Å²) in [6, 6.07) is 6.66. The Bertz CT molecular complexity index is 629. The van der Waals surface area contributed by atoms with E-state index in [1.54, 1.807) is 24.3 Å². The summed E-state index contributed by atoms with van der Waals surface area (Å²) in [7, 11) is 0. The summed E-state index contributed by atoms with van der Waals surface area (Å²) in [5.41, 5.74) is 0.199. The lowest BCUT2D eigenvalue weighted by atomic mass is 9.80. The minimum Gasteiger partial charge on any atom is -0.456 e. The van der Waals surface area contributed by atoms with Gasteiger partial charge in [-0.15, -0.1) is 0 Å². The van der Waals surface area contributed by atoms with Crippen molar-refractivity contribution in [3.05, 3.63) is 35.4 Å². The molecular weight excluding hydrogens is 352 g/mol. The Morgan fingerprint density at radius 1 is 0.714 bits per heavy atom. The lowest BCUT2D eigenvalue weighted by Crippen LogP contribution is -2.36. The number of ether oxygens (including phenoxy) is 2. The first-order valence-corrected chi connectivity index (χ1v) is 10.7. The smallest absolute Gasteiger partial charge is 0.338 e. The molecule has 0 heterocycles. The van der Waals surface area contributed by atoms with Crippen LogP contribution in [0.15, 0.2) is 24.3 Å². The van der Waals surface area contributed by atoms with Crippen LogP contribution in [-0.4, -0.2) is 23.1 Å². The fourth-order valence-electron chi connectivity index (χ4n) is 4.26. The van der Waals surface area contributed by atoms with Crippen molar-refractivity contribution in [2.45, 2.75) is 90.3 Å². The van der Waals surface area contributed by atoms with E-state index in [0.717, 1.165) is 51.4 Å². The summed E-state index contributed by atoms with van der Waals surface area (Å²) in [5, 5.41) is 0. The average Bonchev–Trinajstić information content (AvgIpc) is 2.67. The van der Waals surface area contributed by atoms with E-state index in [-0.39, 0.29) is 23.1 Å². The first-order valence-electron chi connectivity index (χ1n) is 10.7. The summed E-state index contributed by atoms with van der Waals surface area (Å²) < 4.78 is 11.6. The van der Waals surface area contributed by atoms with E-state index in [1.807, 2.05) is 13.8 Å². The summed E-state index contributed by atoms with van der Waals surface area (Å²) >= 11 is 0. The third kappa shape index (κ3) is 5.15. The molecule has 2 aliphatic rings. The summed E-state index contributed by atoms with van der Waals surface area (Å²) in [4.78, 5) is 25.1. The molecule has 0 unspecified atom stereocenters.